The molecule has 64 valence electrons. The number of rotatable bonds is 2. The molecule has 1 aromatic heterocycles. The minimum Gasteiger partial charge on any atom is -0.141 e. The molecule has 12 heavy (non-hydrogen) atoms. The first-order valence-corrected chi connectivity index (χ1v) is 4.95. The van der Waals surface area contributed by atoms with E-state index in [2.05, 4.69) is 44.2 Å². The molecule has 0 unspecified atom stereocenters. The maximum absolute atomic E-state index is 2.22. The van der Waals surface area contributed by atoms with Crippen molar-refractivity contribution in [3.05, 3.63) is 33.5 Å². The zero-order chi connectivity index (χ0) is 8.97. The van der Waals surface area contributed by atoms with Crippen LogP contribution in [0.5, 0.6) is 0 Å². The van der Waals surface area contributed by atoms with Gasteiger partial charge in [0, 0.05) is 9.75 Å². The molecule has 0 amide bonds. The Morgan fingerprint density at radius 3 is 2.42 bits per heavy atom. The number of hydrogen-bond acceptors (Lipinski definition) is 1. The molecule has 1 heterocycles. The fourth-order valence-corrected chi connectivity index (χ4v) is 2.13. The van der Waals surface area contributed by atoms with E-state index < -0.39 is 0 Å². The quantitative estimate of drug-likeness (QED) is 0.639. The van der Waals surface area contributed by atoms with Gasteiger partial charge in [0.15, 0.2) is 0 Å². The van der Waals surface area contributed by atoms with Gasteiger partial charge in [0.05, 0.1) is 0 Å². The first-order chi connectivity index (χ1) is 5.77. The summed E-state index contributed by atoms with van der Waals surface area (Å²) in [4.78, 5) is 2.73. The zero-order valence-electron chi connectivity index (χ0n) is 7.79. The molecule has 0 aromatic carbocycles. The summed E-state index contributed by atoms with van der Waals surface area (Å²) in [6.45, 7) is 6.24. The third-order valence-electron chi connectivity index (χ3n) is 1.58. The molecule has 0 aliphatic carbocycles. The molecule has 0 nitrogen and oxygen atoms in total. The van der Waals surface area contributed by atoms with Crippen molar-refractivity contribution in [1.82, 2.24) is 0 Å². The van der Waals surface area contributed by atoms with Crippen LogP contribution in [0.4, 0.5) is 0 Å². The average Bonchev–Trinajstić information content (AvgIpc) is 2.33. The lowest BCUT2D eigenvalue weighted by molar-refractivity contribution is 1.62. The van der Waals surface area contributed by atoms with Crippen LogP contribution in [-0.2, 0) is 0 Å². The number of hydrogen-bond donors (Lipinski definition) is 0. The third kappa shape index (κ3) is 2.08. The lowest BCUT2D eigenvalue weighted by Crippen LogP contribution is -1.67. The Balaban J connectivity index is 3.07. The molecule has 1 aromatic rings. The highest BCUT2D eigenvalue weighted by atomic mass is 32.1. The second-order valence-corrected chi connectivity index (χ2v) is 3.96. The predicted octanol–water partition coefficient (Wildman–Crippen LogP) is 4.12. The second-order valence-electron chi connectivity index (χ2n) is 2.68. The summed E-state index contributed by atoms with van der Waals surface area (Å²) in [5.41, 5.74) is 1.33. The fourth-order valence-electron chi connectivity index (χ4n) is 1.14. The number of thiophene rings is 1. The largest absolute Gasteiger partial charge is 0.141 e. The van der Waals surface area contributed by atoms with Crippen molar-refractivity contribution in [2.45, 2.75) is 20.8 Å². The minimum atomic E-state index is 1.33. The molecule has 0 saturated carbocycles. The summed E-state index contributed by atoms with van der Waals surface area (Å²) >= 11 is 1.84. The smallest absolute Gasteiger partial charge is 0.0342 e. The normalized spacial score (nSPS) is 11.9. The van der Waals surface area contributed by atoms with Crippen molar-refractivity contribution in [1.29, 1.82) is 0 Å². The number of aryl methyl sites for hydroxylation is 1. The molecule has 0 atom stereocenters. The van der Waals surface area contributed by atoms with Gasteiger partial charge in [-0.05, 0) is 38.5 Å². The maximum Gasteiger partial charge on any atom is 0.0342 e. The monoisotopic (exact) mass is 178 g/mol. The Morgan fingerprint density at radius 1 is 1.17 bits per heavy atom. The molecular formula is C11H14S. The molecule has 1 rings (SSSR count). The Kier molecular flexibility index (Phi) is 3.30. The van der Waals surface area contributed by atoms with E-state index in [1.165, 1.54) is 15.3 Å². The van der Waals surface area contributed by atoms with Gasteiger partial charge < -0.3 is 0 Å². The topological polar surface area (TPSA) is 0 Å². The van der Waals surface area contributed by atoms with E-state index in [0.717, 1.165) is 0 Å². The zero-order valence-corrected chi connectivity index (χ0v) is 8.61. The van der Waals surface area contributed by atoms with Crippen LogP contribution < -0.4 is 0 Å². The van der Waals surface area contributed by atoms with Gasteiger partial charge in [-0.15, -0.1) is 11.3 Å². The van der Waals surface area contributed by atoms with Crippen LogP contribution in [0.15, 0.2) is 18.2 Å². The van der Waals surface area contributed by atoms with Gasteiger partial charge in [0.25, 0.3) is 0 Å². The first-order valence-electron chi connectivity index (χ1n) is 4.13. The molecule has 0 bridgehead atoms. The summed E-state index contributed by atoms with van der Waals surface area (Å²) < 4.78 is 0. The standard InChI is InChI=1S/C11H14S/c1-4-6-10-8-9(3)12-11(10)7-5-2/h4-8H,1-3H3/b6-4-,7-5-. The van der Waals surface area contributed by atoms with Crippen LogP contribution in [0.2, 0.25) is 0 Å². The summed E-state index contributed by atoms with van der Waals surface area (Å²) in [7, 11) is 0. The highest BCUT2D eigenvalue weighted by Crippen LogP contribution is 2.24. The van der Waals surface area contributed by atoms with Crippen molar-refractivity contribution in [2.75, 3.05) is 0 Å². The SMILES string of the molecule is C/C=C\c1cc(C)sc1/C=C\C. The maximum atomic E-state index is 2.22. The summed E-state index contributed by atoms with van der Waals surface area (Å²) in [5.74, 6) is 0. The van der Waals surface area contributed by atoms with Gasteiger partial charge in [-0.3, -0.25) is 0 Å². The fraction of sp³-hybridized carbons (Fsp3) is 0.273. The van der Waals surface area contributed by atoms with Crippen LogP contribution in [0.3, 0.4) is 0 Å². The van der Waals surface area contributed by atoms with E-state index in [-0.39, 0.29) is 0 Å². The van der Waals surface area contributed by atoms with Crippen molar-refractivity contribution in [3.8, 4) is 0 Å². The van der Waals surface area contributed by atoms with Crippen LogP contribution in [0.1, 0.15) is 29.2 Å². The van der Waals surface area contributed by atoms with E-state index >= 15 is 0 Å². The molecule has 0 aliphatic heterocycles. The molecule has 0 fully saturated rings. The van der Waals surface area contributed by atoms with E-state index in [4.69, 9.17) is 0 Å². The van der Waals surface area contributed by atoms with Gasteiger partial charge in [-0.2, -0.15) is 0 Å². The molecular weight excluding hydrogens is 164 g/mol. The molecule has 0 spiro atoms. The molecule has 0 N–H and O–H groups in total. The van der Waals surface area contributed by atoms with Gasteiger partial charge in [0.1, 0.15) is 0 Å². The van der Waals surface area contributed by atoms with Crippen molar-refractivity contribution in [3.63, 3.8) is 0 Å². The summed E-state index contributed by atoms with van der Waals surface area (Å²) in [6, 6.07) is 2.22. The van der Waals surface area contributed by atoms with Gasteiger partial charge in [0.2, 0.25) is 0 Å². The van der Waals surface area contributed by atoms with Crippen molar-refractivity contribution < 1.29 is 0 Å². The van der Waals surface area contributed by atoms with Crippen molar-refractivity contribution in [2.24, 2.45) is 0 Å². The minimum absolute atomic E-state index is 1.33. The van der Waals surface area contributed by atoms with Crippen LogP contribution >= 0.6 is 11.3 Å². The van der Waals surface area contributed by atoms with E-state index in [1.807, 2.05) is 18.3 Å². The first kappa shape index (κ1) is 9.27. The van der Waals surface area contributed by atoms with Crippen molar-refractivity contribution >= 4 is 23.5 Å². The lowest BCUT2D eigenvalue weighted by Gasteiger charge is -1.88. The Morgan fingerprint density at radius 2 is 1.83 bits per heavy atom. The average molecular weight is 178 g/mol. The van der Waals surface area contributed by atoms with Crippen LogP contribution in [0.25, 0.3) is 12.2 Å². The van der Waals surface area contributed by atoms with Gasteiger partial charge in [-0.25, -0.2) is 0 Å². The van der Waals surface area contributed by atoms with Gasteiger partial charge >= 0.3 is 0 Å². The van der Waals surface area contributed by atoms with E-state index in [0.29, 0.717) is 0 Å². The second kappa shape index (κ2) is 4.27. The molecule has 0 saturated heterocycles. The highest BCUT2D eigenvalue weighted by Gasteiger charge is 1.99. The predicted molar refractivity (Wildman–Crippen MR) is 58.5 cm³/mol. The summed E-state index contributed by atoms with van der Waals surface area (Å²) in [5, 5.41) is 0. The molecule has 0 radical (unpaired) electrons. The lowest BCUT2D eigenvalue weighted by atomic mass is 10.2. The Hall–Kier alpha value is -0.820. The number of allylic oxidation sites excluding steroid dienone is 2. The van der Waals surface area contributed by atoms with Crippen LogP contribution in [0, 0.1) is 6.92 Å². The van der Waals surface area contributed by atoms with Crippen LogP contribution in [-0.4, -0.2) is 0 Å². The Bertz CT molecular complexity index is 273. The van der Waals surface area contributed by atoms with E-state index in [1.54, 1.807) is 0 Å². The van der Waals surface area contributed by atoms with Gasteiger partial charge in [-0.1, -0.05) is 18.2 Å². The molecule has 0 aliphatic rings. The third-order valence-corrected chi connectivity index (χ3v) is 2.61. The Labute approximate surface area is 78.2 Å². The highest BCUT2D eigenvalue weighted by molar-refractivity contribution is 7.13. The molecule has 1 heteroatoms. The van der Waals surface area contributed by atoms with E-state index in [9.17, 15) is 0 Å². The summed E-state index contributed by atoms with van der Waals surface area (Å²) in [6.07, 6.45) is 8.47.